The van der Waals surface area contributed by atoms with Gasteiger partial charge in [-0.15, -0.1) is 0 Å². The van der Waals surface area contributed by atoms with Crippen molar-refractivity contribution in [2.45, 2.75) is 57.2 Å². The van der Waals surface area contributed by atoms with Crippen LogP contribution in [0.3, 0.4) is 0 Å². The van der Waals surface area contributed by atoms with Crippen molar-refractivity contribution < 1.29 is 24.2 Å². The molecule has 7 nitrogen and oxygen atoms in total. The van der Waals surface area contributed by atoms with Gasteiger partial charge in [0.05, 0.1) is 6.04 Å². The molecule has 1 aromatic rings. The summed E-state index contributed by atoms with van der Waals surface area (Å²) in [5.74, 6) is -1.81. The van der Waals surface area contributed by atoms with Gasteiger partial charge in [-0.25, -0.2) is 9.59 Å². The van der Waals surface area contributed by atoms with E-state index >= 15 is 0 Å². The molecule has 7 heteroatoms. The fraction of sp³-hybridized carbons (Fsp3) is 0.550. The second-order valence-electron chi connectivity index (χ2n) is 8.10. The standard InChI is InChI=1S/C20H26N2O5/c1-19(2,3)27-18(26)22-12-6-10-20(22,17(24)25)16(23)15-14-8-5-4-7-13(14)9-11-21-15/h4-5,7-8,15,21H,6,9-12H2,1-3H3,(H,24,25)/t15?,20-/m1/s1. The predicted octanol–water partition coefficient (Wildman–Crippen LogP) is 2.30. The first-order valence-corrected chi connectivity index (χ1v) is 9.26. The van der Waals surface area contributed by atoms with Crippen LogP contribution in [0.5, 0.6) is 0 Å². The van der Waals surface area contributed by atoms with E-state index in [4.69, 9.17) is 4.74 Å². The van der Waals surface area contributed by atoms with Gasteiger partial charge in [-0.1, -0.05) is 24.3 Å². The largest absolute Gasteiger partial charge is 0.479 e. The van der Waals surface area contributed by atoms with Crippen LogP contribution < -0.4 is 5.32 Å². The molecule has 1 unspecified atom stereocenters. The van der Waals surface area contributed by atoms with Gasteiger partial charge in [0, 0.05) is 13.1 Å². The number of ether oxygens (including phenoxy) is 1. The van der Waals surface area contributed by atoms with E-state index in [9.17, 15) is 19.5 Å². The van der Waals surface area contributed by atoms with E-state index in [0.29, 0.717) is 13.0 Å². The second kappa shape index (κ2) is 6.96. The summed E-state index contributed by atoms with van der Waals surface area (Å²) in [5.41, 5.74) is -0.880. The molecular weight excluding hydrogens is 348 g/mol. The van der Waals surface area contributed by atoms with Gasteiger partial charge in [-0.2, -0.15) is 0 Å². The lowest BCUT2D eigenvalue weighted by molar-refractivity contribution is -0.156. The molecule has 0 aliphatic carbocycles. The van der Waals surface area contributed by atoms with Crippen molar-refractivity contribution in [1.82, 2.24) is 10.2 Å². The average Bonchev–Trinajstić information content (AvgIpc) is 3.05. The number of likely N-dealkylation sites (tertiary alicyclic amines) is 1. The molecule has 2 atom stereocenters. The van der Waals surface area contributed by atoms with Crippen LogP contribution in [-0.2, 0) is 20.7 Å². The lowest BCUT2D eigenvalue weighted by Crippen LogP contribution is -2.62. The van der Waals surface area contributed by atoms with E-state index in [1.54, 1.807) is 20.8 Å². The SMILES string of the molecule is CC(C)(C)OC(=O)N1CCC[C@]1(C(=O)O)C(=O)C1NCCc2ccccc21. The molecule has 1 saturated heterocycles. The number of carbonyl (C=O) groups excluding carboxylic acids is 2. The van der Waals surface area contributed by atoms with E-state index in [1.807, 2.05) is 24.3 Å². The van der Waals surface area contributed by atoms with Gasteiger partial charge >= 0.3 is 12.1 Å². The Labute approximate surface area is 158 Å². The summed E-state index contributed by atoms with van der Waals surface area (Å²) >= 11 is 0. The Morgan fingerprint density at radius 1 is 1.26 bits per heavy atom. The van der Waals surface area contributed by atoms with Gasteiger partial charge in [-0.3, -0.25) is 9.69 Å². The molecule has 0 spiro atoms. The van der Waals surface area contributed by atoms with Gasteiger partial charge in [0.25, 0.3) is 0 Å². The van der Waals surface area contributed by atoms with E-state index in [0.717, 1.165) is 22.4 Å². The molecular formula is C20H26N2O5. The Bertz CT molecular complexity index is 770. The highest BCUT2D eigenvalue weighted by Gasteiger charge is 2.58. The average molecular weight is 374 g/mol. The normalized spacial score (nSPS) is 25.0. The van der Waals surface area contributed by atoms with E-state index in [1.165, 1.54) is 0 Å². The third-order valence-corrected chi connectivity index (χ3v) is 5.13. The zero-order valence-corrected chi connectivity index (χ0v) is 15.9. The first kappa shape index (κ1) is 19.4. The third kappa shape index (κ3) is 3.43. The van der Waals surface area contributed by atoms with Crippen LogP contribution in [0.2, 0.25) is 0 Å². The Balaban J connectivity index is 1.99. The van der Waals surface area contributed by atoms with Gasteiger partial charge < -0.3 is 15.2 Å². The minimum Gasteiger partial charge on any atom is -0.479 e. The number of nitrogens with zero attached hydrogens (tertiary/aromatic N) is 1. The number of carboxylic acids is 1. The first-order chi connectivity index (χ1) is 12.7. The summed E-state index contributed by atoms with van der Waals surface area (Å²) in [6.07, 6.45) is 0.530. The lowest BCUT2D eigenvalue weighted by atomic mass is 9.81. The number of carbonyl (C=O) groups is 3. The molecule has 2 aliphatic heterocycles. The molecule has 0 bridgehead atoms. The number of fused-ring (bicyclic) bond motifs is 1. The zero-order valence-electron chi connectivity index (χ0n) is 15.9. The molecule has 27 heavy (non-hydrogen) atoms. The Morgan fingerprint density at radius 3 is 2.63 bits per heavy atom. The molecule has 1 aromatic carbocycles. The number of hydrogen-bond donors (Lipinski definition) is 2. The van der Waals surface area contributed by atoms with Crippen molar-refractivity contribution in [3.63, 3.8) is 0 Å². The minimum absolute atomic E-state index is 0.0841. The Morgan fingerprint density at radius 2 is 1.96 bits per heavy atom. The summed E-state index contributed by atoms with van der Waals surface area (Å²) in [7, 11) is 0. The molecule has 2 aliphatic rings. The molecule has 1 fully saturated rings. The lowest BCUT2D eigenvalue weighted by Gasteiger charge is -2.38. The highest BCUT2D eigenvalue weighted by molar-refractivity contribution is 6.12. The van der Waals surface area contributed by atoms with E-state index < -0.39 is 35.0 Å². The van der Waals surface area contributed by atoms with Crippen LogP contribution in [0.4, 0.5) is 4.79 Å². The number of amides is 1. The summed E-state index contributed by atoms with van der Waals surface area (Å²) < 4.78 is 5.39. The fourth-order valence-corrected chi connectivity index (χ4v) is 3.94. The van der Waals surface area contributed by atoms with Crippen molar-refractivity contribution in [2.75, 3.05) is 13.1 Å². The number of ketones is 1. The fourth-order valence-electron chi connectivity index (χ4n) is 3.94. The number of aliphatic carboxylic acids is 1. The van der Waals surface area contributed by atoms with Gasteiger partial charge in [-0.05, 0) is 51.2 Å². The van der Waals surface area contributed by atoms with Crippen LogP contribution in [0.15, 0.2) is 24.3 Å². The van der Waals surface area contributed by atoms with Gasteiger partial charge in [0.1, 0.15) is 5.60 Å². The van der Waals surface area contributed by atoms with Crippen molar-refractivity contribution in [3.05, 3.63) is 35.4 Å². The van der Waals surface area contributed by atoms with Gasteiger partial charge in [0.15, 0.2) is 5.78 Å². The zero-order chi connectivity index (χ0) is 19.8. The summed E-state index contributed by atoms with van der Waals surface area (Å²) in [6.45, 7) is 5.90. The number of hydrogen-bond acceptors (Lipinski definition) is 5. The highest BCUT2D eigenvalue weighted by Crippen LogP contribution is 2.37. The van der Waals surface area contributed by atoms with Crippen molar-refractivity contribution in [1.29, 1.82) is 0 Å². The highest BCUT2D eigenvalue weighted by atomic mass is 16.6. The molecule has 0 aromatic heterocycles. The van der Waals surface area contributed by atoms with Crippen LogP contribution in [0, 0.1) is 0 Å². The first-order valence-electron chi connectivity index (χ1n) is 9.26. The molecule has 1 amide bonds. The molecule has 2 N–H and O–H groups in total. The topological polar surface area (TPSA) is 95.9 Å². The van der Waals surface area contributed by atoms with Crippen molar-refractivity contribution in [3.8, 4) is 0 Å². The maximum absolute atomic E-state index is 13.5. The van der Waals surface area contributed by atoms with Crippen LogP contribution in [0.25, 0.3) is 0 Å². The summed E-state index contributed by atoms with van der Waals surface area (Å²) in [6, 6.07) is 6.77. The molecule has 0 radical (unpaired) electrons. The number of benzene rings is 1. The van der Waals surface area contributed by atoms with Crippen LogP contribution in [-0.4, -0.2) is 52.1 Å². The summed E-state index contributed by atoms with van der Waals surface area (Å²) in [5, 5.41) is 13.2. The van der Waals surface area contributed by atoms with Crippen molar-refractivity contribution >= 4 is 17.8 Å². The Kier molecular flexibility index (Phi) is 4.99. The monoisotopic (exact) mass is 374 g/mol. The van der Waals surface area contributed by atoms with E-state index in [-0.39, 0.29) is 13.0 Å². The maximum atomic E-state index is 13.5. The van der Waals surface area contributed by atoms with Gasteiger partial charge in [0.2, 0.25) is 5.54 Å². The third-order valence-electron chi connectivity index (χ3n) is 5.13. The number of Topliss-reactive ketones (excluding diaryl/α,β-unsaturated/α-hetero) is 1. The smallest absolute Gasteiger partial charge is 0.411 e. The number of nitrogens with one attached hydrogen (secondary N) is 1. The molecule has 0 saturated carbocycles. The quantitative estimate of drug-likeness (QED) is 0.788. The van der Waals surface area contributed by atoms with E-state index in [2.05, 4.69) is 5.32 Å². The molecule has 146 valence electrons. The number of carboxylic acid groups (broad SMARTS) is 1. The van der Waals surface area contributed by atoms with Crippen LogP contribution in [0.1, 0.15) is 50.8 Å². The predicted molar refractivity (Wildman–Crippen MR) is 98.4 cm³/mol. The molecule has 3 rings (SSSR count). The Hall–Kier alpha value is -2.41. The maximum Gasteiger partial charge on any atom is 0.411 e. The summed E-state index contributed by atoms with van der Waals surface area (Å²) in [4.78, 5) is 39.6. The van der Waals surface area contributed by atoms with Crippen LogP contribution >= 0.6 is 0 Å². The number of rotatable bonds is 3. The molecule has 2 heterocycles. The minimum atomic E-state index is -1.91. The second-order valence-corrected chi connectivity index (χ2v) is 8.10. The van der Waals surface area contributed by atoms with Crippen molar-refractivity contribution in [2.24, 2.45) is 0 Å².